The zero-order chi connectivity index (χ0) is 14.4. The fourth-order valence-electron chi connectivity index (χ4n) is 2.83. The van der Waals surface area contributed by atoms with E-state index in [4.69, 9.17) is 4.98 Å². The number of benzene rings is 1. The van der Waals surface area contributed by atoms with Gasteiger partial charge in [0, 0.05) is 27.9 Å². The minimum Gasteiger partial charge on any atom is -0.281 e. The lowest BCUT2D eigenvalue weighted by atomic mass is 10.0. The largest absolute Gasteiger partial charge is 0.281 e. The Kier molecular flexibility index (Phi) is 2.93. The molecule has 2 aromatic heterocycles. The minimum atomic E-state index is 0.450. The number of rotatable bonds is 1. The third kappa shape index (κ3) is 2.02. The second kappa shape index (κ2) is 4.81. The van der Waals surface area contributed by atoms with Crippen molar-refractivity contribution >= 4 is 33.6 Å². The lowest BCUT2D eigenvalue weighted by Crippen LogP contribution is -1.99. The molecular weight excluding hydrogens is 326 g/mol. The van der Waals surface area contributed by atoms with E-state index in [1.54, 1.807) is 0 Å². The Balaban J connectivity index is 2.04. The molecule has 0 spiro atoms. The molecule has 4 heteroatoms. The van der Waals surface area contributed by atoms with Crippen LogP contribution in [-0.4, -0.2) is 15.6 Å². The van der Waals surface area contributed by atoms with E-state index in [1.165, 1.54) is 5.69 Å². The van der Waals surface area contributed by atoms with Crippen molar-refractivity contribution in [3.8, 4) is 11.3 Å². The number of halogens is 1. The van der Waals surface area contributed by atoms with E-state index >= 15 is 0 Å². The number of imidazole rings is 1. The van der Waals surface area contributed by atoms with Gasteiger partial charge in [0.1, 0.15) is 11.3 Å². The minimum absolute atomic E-state index is 0.450. The van der Waals surface area contributed by atoms with Crippen LogP contribution >= 0.6 is 15.9 Å². The number of hydrogen-bond donors (Lipinski definition) is 0. The van der Waals surface area contributed by atoms with Gasteiger partial charge in [-0.25, -0.2) is 9.98 Å². The quantitative estimate of drug-likeness (QED) is 0.615. The van der Waals surface area contributed by atoms with Gasteiger partial charge in [-0.1, -0.05) is 41.1 Å². The van der Waals surface area contributed by atoms with Crippen LogP contribution in [0.1, 0.15) is 25.0 Å². The smallest absolute Gasteiger partial charge is 0.164 e. The first kappa shape index (κ1) is 12.8. The Morgan fingerprint density at radius 3 is 2.76 bits per heavy atom. The summed E-state index contributed by atoms with van der Waals surface area (Å²) in [7, 11) is 0. The van der Waals surface area contributed by atoms with Crippen molar-refractivity contribution in [2.45, 2.75) is 19.3 Å². The molecule has 1 aliphatic heterocycles. The number of nitrogens with zero attached hydrogens (tertiary/aromatic N) is 3. The van der Waals surface area contributed by atoms with Gasteiger partial charge < -0.3 is 0 Å². The molecule has 0 saturated heterocycles. The maximum absolute atomic E-state index is 4.79. The van der Waals surface area contributed by atoms with Crippen molar-refractivity contribution in [2.75, 3.05) is 0 Å². The van der Waals surface area contributed by atoms with Crippen LogP contribution in [0.4, 0.5) is 5.82 Å². The average Bonchev–Trinajstić information content (AvgIpc) is 2.77. The van der Waals surface area contributed by atoms with Crippen LogP contribution in [-0.2, 0) is 0 Å². The maximum atomic E-state index is 4.79. The predicted molar refractivity (Wildman–Crippen MR) is 89.5 cm³/mol. The van der Waals surface area contributed by atoms with Gasteiger partial charge in [0.25, 0.3) is 0 Å². The molecule has 0 fully saturated rings. The molecule has 0 amide bonds. The summed E-state index contributed by atoms with van der Waals surface area (Å²) in [6.45, 7) is 2.23. The second-order valence-corrected chi connectivity index (χ2v) is 6.30. The van der Waals surface area contributed by atoms with E-state index < -0.39 is 0 Å². The molecular formula is C17H14BrN3. The molecule has 0 saturated carbocycles. The summed E-state index contributed by atoms with van der Waals surface area (Å²) in [6, 6.07) is 14.5. The number of aliphatic imine (C=N–C) groups is 1. The van der Waals surface area contributed by atoms with Gasteiger partial charge in [0.15, 0.2) is 5.82 Å². The zero-order valence-electron chi connectivity index (χ0n) is 11.6. The van der Waals surface area contributed by atoms with Crippen molar-refractivity contribution in [1.82, 2.24) is 9.38 Å². The molecule has 1 unspecified atom stereocenters. The molecule has 0 bridgehead atoms. The third-order valence-corrected chi connectivity index (χ3v) is 4.47. The SMILES string of the molecule is CC1CC=Nc2c(-c3ccc(Br)cc3)nc3cccc1n23. The van der Waals surface area contributed by atoms with Crippen molar-refractivity contribution < 1.29 is 0 Å². The van der Waals surface area contributed by atoms with E-state index in [0.29, 0.717) is 5.92 Å². The van der Waals surface area contributed by atoms with Gasteiger partial charge in [-0.3, -0.25) is 4.40 Å². The summed E-state index contributed by atoms with van der Waals surface area (Å²) >= 11 is 3.48. The first-order valence-electron chi connectivity index (χ1n) is 7.04. The standard InChI is InChI=1S/C17H14BrN3/c1-11-9-10-19-17-16(12-5-7-13(18)8-6-12)20-15-4-2-3-14(11)21(15)17/h2-8,10-11H,9H2,1H3. The molecule has 3 heterocycles. The fraction of sp³-hybridized carbons (Fsp3) is 0.176. The molecule has 3 nitrogen and oxygen atoms in total. The molecule has 3 aromatic rings. The molecule has 104 valence electrons. The number of aromatic nitrogens is 2. The summed E-state index contributed by atoms with van der Waals surface area (Å²) in [5.74, 6) is 1.39. The highest BCUT2D eigenvalue weighted by molar-refractivity contribution is 9.10. The molecule has 1 atom stereocenters. The topological polar surface area (TPSA) is 29.7 Å². The highest BCUT2D eigenvalue weighted by Gasteiger charge is 2.20. The molecule has 1 aliphatic rings. The first-order valence-corrected chi connectivity index (χ1v) is 7.83. The van der Waals surface area contributed by atoms with Crippen molar-refractivity contribution in [3.63, 3.8) is 0 Å². The van der Waals surface area contributed by atoms with Gasteiger partial charge in [0.05, 0.1) is 0 Å². The van der Waals surface area contributed by atoms with Gasteiger partial charge in [-0.15, -0.1) is 0 Å². The normalized spacial score (nSPS) is 17.1. The maximum Gasteiger partial charge on any atom is 0.164 e. The number of hydrogen-bond acceptors (Lipinski definition) is 2. The Morgan fingerprint density at radius 2 is 1.95 bits per heavy atom. The number of pyridine rings is 1. The van der Waals surface area contributed by atoms with E-state index in [-0.39, 0.29) is 0 Å². The van der Waals surface area contributed by atoms with Gasteiger partial charge >= 0.3 is 0 Å². The first-order chi connectivity index (χ1) is 10.2. The Morgan fingerprint density at radius 1 is 1.14 bits per heavy atom. The monoisotopic (exact) mass is 339 g/mol. The Hall–Kier alpha value is -1.94. The van der Waals surface area contributed by atoms with E-state index in [2.05, 4.69) is 56.5 Å². The Bertz CT molecular complexity index is 846. The van der Waals surface area contributed by atoms with Gasteiger partial charge in [0.2, 0.25) is 0 Å². The second-order valence-electron chi connectivity index (χ2n) is 5.38. The molecule has 4 rings (SSSR count). The van der Waals surface area contributed by atoms with Crippen LogP contribution in [0.2, 0.25) is 0 Å². The fourth-order valence-corrected chi connectivity index (χ4v) is 3.09. The predicted octanol–water partition coefficient (Wildman–Crippen LogP) is 4.97. The summed E-state index contributed by atoms with van der Waals surface area (Å²) in [4.78, 5) is 9.47. The van der Waals surface area contributed by atoms with Crippen molar-refractivity contribution in [2.24, 2.45) is 4.99 Å². The zero-order valence-corrected chi connectivity index (χ0v) is 13.2. The van der Waals surface area contributed by atoms with Crippen molar-refractivity contribution in [3.05, 3.63) is 52.6 Å². The summed E-state index contributed by atoms with van der Waals surface area (Å²) < 4.78 is 3.25. The lowest BCUT2D eigenvalue weighted by Gasteiger charge is -2.10. The van der Waals surface area contributed by atoms with Gasteiger partial charge in [-0.05, 0) is 30.7 Å². The summed E-state index contributed by atoms with van der Waals surface area (Å²) in [6.07, 6.45) is 2.97. The third-order valence-electron chi connectivity index (χ3n) is 3.94. The van der Waals surface area contributed by atoms with Crippen LogP contribution in [0.15, 0.2) is 51.9 Å². The highest BCUT2D eigenvalue weighted by atomic mass is 79.9. The highest BCUT2D eigenvalue weighted by Crippen LogP contribution is 2.36. The summed E-state index contributed by atoms with van der Waals surface area (Å²) in [5, 5.41) is 0. The van der Waals surface area contributed by atoms with E-state index in [0.717, 1.165) is 33.6 Å². The Labute approximate surface area is 131 Å². The summed E-state index contributed by atoms with van der Waals surface area (Å²) in [5.41, 5.74) is 4.28. The van der Waals surface area contributed by atoms with Crippen molar-refractivity contribution in [1.29, 1.82) is 0 Å². The van der Waals surface area contributed by atoms with Crippen LogP contribution < -0.4 is 0 Å². The lowest BCUT2D eigenvalue weighted by molar-refractivity contribution is 0.770. The molecule has 0 N–H and O–H groups in total. The molecule has 0 radical (unpaired) electrons. The van der Waals surface area contributed by atoms with E-state index in [1.807, 2.05) is 24.4 Å². The average molecular weight is 340 g/mol. The van der Waals surface area contributed by atoms with E-state index in [9.17, 15) is 0 Å². The van der Waals surface area contributed by atoms with Crippen LogP contribution in [0.3, 0.4) is 0 Å². The van der Waals surface area contributed by atoms with Crippen LogP contribution in [0.25, 0.3) is 16.9 Å². The van der Waals surface area contributed by atoms with Gasteiger partial charge in [-0.2, -0.15) is 0 Å². The molecule has 21 heavy (non-hydrogen) atoms. The van der Waals surface area contributed by atoms with Crippen LogP contribution in [0.5, 0.6) is 0 Å². The molecule has 1 aromatic carbocycles. The van der Waals surface area contributed by atoms with Crippen LogP contribution in [0, 0.1) is 0 Å². The molecule has 0 aliphatic carbocycles.